The first kappa shape index (κ1) is 34.1. The van der Waals surface area contributed by atoms with Gasteiger partial charge in [-0.25, -0.2) is 0 Å². The van der Waals surface area contributed by atoms with Crippen molar-refractivity contribution in [3.8, 4) is 0 Å². The molecular formula is C29H54NO6+. The van der Waals surface area contributed by atoms with Crippen LogP contribution in [-0.2, 0) is 14.4 Å². The van der Waals surface area contributed by atoms with Gasteiger partial charge in [0.2, 0.25) is 0 Å². The Labute approximate surface area is 219 Å². The fraction of sp³-hybridized carbons (Fsp3) is 0.828. The highest BCUT2D eigenvalue weighted by molar-refractivity contribution is 5.67. The van der Waals surface area contributed by atoms with E-state index in [-0.39, 0.29) is 43.4 Å². The molecule has 0 saturated heterocycles. The Hall–Kier alpha value is -1.89. The van der Waals surface area contributed by atoms with E-state index >= 15 is 0 Å². The van der Waals surface area contributed by atoms with Crippen LogP contribution in [0.2, 0.25) is 0 Å². The molecule has 0 spiro atoms. The minimum absolute atomic E-state index is 0.0741. The first-order valence-electron chi connectivity index (χ1n) is 14.5. The molecule has 0 aliphatic carbocycles. The van der Waals surface area contributed by atoms with Crippen LogP contribution in [0.5, 0.6) is 0 Å². The number of hydrogen-bond acceptors (Lipinski definition) is 3. The molecule has 0 saturated carbocycles. The average Bonchev–Trinajstić information content (AvgIpc) is 2.83. The fourth-order valence-corrected chi connectivity index (χ4v) is 4.70. The van der Waals surface area contributed by atoms with Crippen molar-refractivity contribution >= 4 is 17.9 Å². The van der Waals surface area contributed by atoms with Gasteiger partial charge < -0.3 is 19.8 Å². The van der Waals surface area contributed by atoms with Gasteiger partial charge in [-0.3, -0.25) is 14.4 Å². The van der Waals surface area contributed by atoms with E-state index in [1.54, 1.807) is 0 Å². The predicted molar refractivity (Wildman–Crippen MR) is 145 cm³/mol. The molecular weight excluding hydrogens is 458 g/mol. The molecule has 0 rings (SSSR count). The number of rotatable bonds is 27. The zero-order valence-corrected chi connectivity index (χ0v) is 22.9. The van der Waals surface area contributed by atoms with E-state index in [1.165, 1.54) is 83.5 Å². The summed E-state index contributed by atoms with van der Waals surface area (Å²) in [6.45, 7) is 3.72. The molecule has 0 aromatic rings. The van der Waals surface area contributed by atoms with E-state index in [4.69, 9.17) is 15.3 Å². The van der Waals surface area contributed by atoms with E-state index in [9.17, 15) is 14.4 Å². The Morgan fingerprint density at radius 1 is 0.500 bits per heavy atom. The molecule has 0 heterocycles. The van der Waals surface area contributed by atoms with Gasteiger partial charge in [-0.05, 0) is 32.1 Å². The number of unbranched alkanes of at least 4 members (excludes halogenated alkanes) is 14. The van der Waals surface area contributed by atoms with Gasteiger partial charge in [0.05, 0.1) is 45.4 Å². The number of aliphatic carboxylic acids is 3. The highest BCUT2D eigenvalue weighted by Gasteiger charge is 2.29. The first-order chi connectivity index (χ1) is 17.3. The minimum atomic E-state index is -0.932. The first-order valence-corrected chi connectivity index (χ1v) is 14.5. The van der Waals surface area contributed by atoms with Crippen LogP contribution in [0.4, 0.5) is 0 Å². The minimum Gasteiger partial charge on any atom is -0.481 e. The summed E-state index contributed by atoms with van der Waals surface area (Å²) in [5.74, 6) is -2.80. The third-order valence-electron chi connectivity index (χ3n) is 7.04. The summed E-state index contributed by atoms with van der Waals surface area (Å²) in [7, 11) is 0. The smallest absolute Gasteiger partial charge is 0.309 e. The molecule has 0 aliphatic heterocycles. The van der Waals surface area contributed by atoms with Crippen molar-refractivity contribution in [2.75, 3.05) is 26.2 Å². The molecule has 0 aromatic heterocycles. The lowest BCUT2D eigenvalue weighted by Gasteiger charge is -2.38. The van der Waals surface area contributed by atoms with E-state index in [0.717, 1.165) is 19.3 Å². The lowest BCUT2D eigenvalue weighted by Crippen LogP contribution is -2.52. The standard InChI is InChI=1S/C29H53NO6/c1-2-3-4-5-6-7-8-9-10-11-12-13-14-15-16-17-18-19-23-30(24-20-27(31)32,25-21-28(33)34)26-22-29(35)36/h5-6H,2-4,7-26H2,1H3,(H2-,31,32,33,34,35,36)/p+1/b6-5+. The molecule has 0 aliphatic rings. The topological polar surface area (TPSA) is 112 Å². The quantitative estimate of drug-likeness (QED) is 0.0618. The maximum absolute atomic E-state index is 11.1. The predicted octanol–water partition coefficient (Wildman–Crippen LogP) is 7.05. The highest BCUT2D eigenvalue weighted by atomic mass is 16.4. The number of allylic oxidation sites excluding steroid dienone is 2. The van der Waals surface area contributed by atoms with Gasteiger partial charge >= 0.3 is 17.9 Å². The summed E-state index contributed by atoms with van der Waals surface area (Å²) < 4.78 is 0.264. The van der Waals surface area contributed by atoms with Crippen molar-refractivity contribution < 1.29 is 34.2 Å². The highest BCUT2D eigenvalue weighted by Crippen LogP contribution is 2.17. The Morgan fingerprint density at radius 2 is 0.833 bits per heavy atom. The molecule has 7 nitrogen and oxygen atoms in total. The molecule has 3 N–H and O–H groups in total. The fourth-order valence-electron chi connectivity index (χ4n) is 4.70. The molecule has 0 fully saturated rings. The molecule has 0 amide bonds. The number of hydrogen-bond donors (Lipinski definition) is 3. The summed E-state index contributed by atoms with van der Waals surface area (Å²) in [5.41, 5.74) is 0. The summed E-state index contributed by atoms with van der Waals surface area (Å²) in [4.78, 5) is 33.4. The lowest BCUT2D eigenvalue weighted by atomic mass is 10.0. The summed E-state index contributed by atoms with van der Waals surface area (Å²) in [5, 5.41) is 27.3. The third-order valence-corrected chi connectivity index (χ3v) is 7.04. The molecule has 7 heteroatoms. The molecule has 0 aromatic carbocycles. The van der Waals surface area contributed by atoms with Crippen LogP contribution in [0.3, 0.4) is 0 Å². The lowest BCUT2D eigenvalue weighted by molar-refractivity contribution is -0.927. The van der Waals surface area contributed by atoms with E-state index in [0.29, 0.717) is 6.54 Å². The Balaban J connectivity index is 3.98. The maximum Gasteiger partial charge on any atom is 0.309 e. The van der Waals surface area contributed by atoms with Crippen LogP contribution in [0, 0.1) is 0 Å². The second-order valence-corrected chi connectivity index (χ2v) is 10.3. The maximum atomic E-state index is 11.1. The Kier molecular flexibility index (Phi) is 22.3. The van der Waals surface area contributed by atoms with Gasteiger partial charge in [-0.15, -0.1) is 0 Å². The molecule has 210 valence electrons. The number of carboxylic acid groups (broad SMARTS) is 3. The summed E-state index contributed by atoms with van der Waals surface area (Å²) in [6.07, 6.45) is 24.1. The summed E-state index contributed by atoms with van der Waals surface area (Å²) >= 11 is 0. The van der Waals surface area contributed by atoms with Gasteiger partial charge in [0.1, 0.15) is 0 Å². The second-order valence-electron chi connectivity index (χ2n) is 10.3. The zero-order chi connectivity index (χ0) is 26.9. The van der Waals surface area contributed by atoms with Gasteiger partial charge in [0.25, 0.3) is 0 Å². The van der Waals surface area contributed by atoms with Gasteiger partial charge in [-0.2, -0.15) is 0 Å². The van der Waals surface area contributed by atoms with Crippen LogP contribution in [0.1, 0.15) is 129 Å². The van der Waals surface area contributed by atoms with Crippen LogP contribution in [0.25, 0.3) is 0 Å². The second kappa shape index (κ2) is 23.5. The number of nitrogens with zero attached hydrogens (tertiary/aromatic N) is 1. The van der Waals surface area contributed by atoms with Gasteiger partial charge in [-0.1, -0.05) is 89.7 Å². The molecule has 0 unspecified atom stereocenters. The van der Waals surface area contributed by atoms with Crippen LogP contribution < -0.4 is 0 Å². The van der Waals surface area contributed by atoms with Crippen LogP contribution >= 0.6 is 0 Å². The Bertz CT molecular complexity index is 559. The summed E-state index contributed by atoms with van der Waals surface area (Å²) in [6, 6.07) is 0. The van der Waals surface area contributed by atoms with Gasteiger partial charge in [0, 0.05) is 0 Å². The van der Waals surface area contributed by atoms with Gasteiger partial charge in [0.15, 0.2) is 0 Å². The molecule has 0 atom stereocenters. The van der Waals surface area contributed by atoms with Crippen molar-refractivity contribution in [3.05, 3.63) is 12.2 Å². The van der Waals surface area contributed by atoms with Crippen LogP contribution in [0.15, 0.2) is 12.2 Å². The molecule has 0 radical (unpaired) electrons. The largest absolute Gasteiger partial charge is 0.481 e. The third kappa shape index (κ3) is 22.6. The van der Waals surface area contributed by atoms with Crippen molar-refractivity contribution in [2.45, 2.75) is 129 Å². The van der Waals surface area contributed by atoms with Crippen molar-refractivity contribution in [1.82, 2.24) is 0 Å². The van der Waals surface area contributed by atoms with Crippen molar-refractivity contribution in [3.63, 3.8) is 0 Å². The van der Waals surface area contributed by atoms with E-state index in [1.807, 2.05) is 0 Å². The normalized spacial score (nSPS) is 11.8. The van der Waals surface area contributed by atoms with E-state index < -0.39 is 17.9 Å². The molecule has 0 bridgehead atoms. The average molecular weight is 513 g/mol. The monoisotopic (exact) mass is 512 g/mol. The van der Waals surface area contributed by atoms with Crippen molar-refractivity contribution in [1.29, 1.82) is 0 Å². The Morgan fingerprint density at radius 3 is 1.19 bits per heavy atom. The number of carboxylic acids is 3. The molecule has 36 heavy (non-hydrogen) atoms. The van der Waals surface area contributed by atoms with Crippen LogP contribution in [-0.4, -0.2) is 63.9 Å². The zero-order valence-electron chi connectivity index (χ0n) is 22.9. The van der Waals surface area contributed by atoms with Crippen molar-refractivity contribution in [2.24, 2.45) is 0 Å². The SMILES string of the molecule is CCCC/C=C/CCCCCCCCCCCCCC[N+](CCC(=O)O)(CCC(=O)O)CCC(=O)O. The number of quaternary nitrogens is 1. The van der Waals surface area contributed by atoms with E-state index in [2.05, 4.69) is 19.1 Å². The number of carbonyl (C=O) groups is 3.